The monoisotopic (exact) mass is 349 g/mol. The molecule has 3 nitrogen and oxygen atoms in total. The summed E-state index contributed by atoms with van der Waals surface area (Å²) in [7, 11) is 0. The van der Waals surface area contributed by atoms with E-state index >= 15 is 0 Å². The summed E-state index contributed by atoms with van der Waals surface area (Å²) in [6.07, 6.45) is -5.95. The van der Waals surface area contributed by atoms with E-state index in [4.69, 9.17) is 67.4 Å². The van der Waals surface area contributed by atoms with E-state index in [-0.39, 0.29) is 0 Å². The average Bonchev–Trinajstić information content (AvgIpc) is 1.44. The van der Waals surface area contributed by atoms with Gasteiger partial charge in [-0.3, -0.25) is 0 Å². The quantitative estimate of drug-likeness (QED) is 0.575. The number of hydrogen-bond donors (Lipinski definition) is 2. The zero-order valence-electron chi connectivity index (χ0n) is 5.16. The van der Waals surface area contributed by atoms with E-state index in [1.54, 1.807) is 0 Å². The molecule has 0 aromatic rings. The summed E-state index contributed by atoms with van der Waals surface area (Å²) < 4.78 is 3.80. The van der Waals surface area contributed by atoms with Gasteiger partial charge in [-0.2, -0.15) is 0 Å². The predicted molar refractivity (Wildman–Crippen MR) is 67.4 cm³/mol. The van der Waals surface area contributed by atoms with Gasteiger partial charge in [0.05, 0.1) is 0 Å². The molecule has 0 amide bonds. The summed E-state index contributed by atoms with van der Waals surface area (Å²) in [5, 5.41) is 0. The van der Waals surface area contributed by atoms with Gasteiger partial charge in [0.2, 0.25) is 0 Å². The summed E-state index contributed by atoms with van der Waals surface area (Å²) in [6, 6.07) is 0. The third kappa shape index (κ3) is 4.09. The molecule has 0 unspecified atom stereocenters. The standard InChI is InChI=1S/Cl6H4N3P3/c1-10(2)7-11(3,4)9-12(5,6)8-10/h7-8,10-11H. The van der Waals surface area contributed by atoms with Gasteiger partial charge in [-0.15, -0.1) is 0 Å². The van der Waals surface area contributed by atoms with Crippen molar-refractivity contribution < 1.29 is 0 Å². The van der Waals surface area contributed by atoms with Gasteiger partial charge in [0.25, 0.3) is 0 Å². The van der Waals surface area contributed by atoms with Crippen LogP contribution in [-0.2, 0) is 0 Å². The third-order valence-electron chi connectivity index (χ3n) is 0.834. The Bertz CT molecular complexity index is 240. The molecule has 0 fully saturated rings. The van der Waals surface area contributed by atoms with Crippen LogP contribution in [0.1, 0.15) is 0 Å². The van der Waals surface area contributed by atoms with Crippen molar-refractivity contribution in [2.75, 3.05) is 0 Å². The SMILES string of the molecule is ClP1(Cl)=N[PH](Cl)(Cl)N[PH](Cl)(Cl)N1. The molecule has 1 rings (SSSR count). The molecular weight excluding hydrogens is 348 g/mol. The first-order chi connectivity index (χ1) is 5.12. The average molecular weight is 352 g/mol. The molecule has 0 aromatic heterocycles. The first-order valence-electron chi connectivity index (χ1n) is 2.49. The molecule has 1 heterocycles. The van der Waals surface area contributed by atoms with Crippen LogP contribution in [0, 0.1) is 0 Å². The predicted octanol–water partition coefficient (Wildman–Crippen LogP) is 5.38. The summed E-state index contributed by atoms with van der Waals surface area (Å²) >= 11 is 34.5. The fraction of sp³-hybridized carbons (Fsp3) is 0. The van der Waals surface area contributed by atoms with Gasteiger partial charge in [0, 0.05) is 0 Å². The molecule has 0 saturated carbocycles. The van der Waals surface area contributed by atoms with Gasteiger partial charge in [0.15, 0.2) is 0 Å². The molecule has 0 aromatic carbocycles. The first-order valence-corrected chi connectivity index (χ1v) is 14.0. The second kappa shape index (κ2) is 3.96. The van der Waals surface area contributed by atoms with Gasteiger partial charge in [0.1, 0.15) is 0 Å². The Morgan fingerprint density at radius 1 is 1.08 bits per heavy atom. The molecule has 0 saturated heterocycles. The van der Waals surface area contributed by atoms with Gasteiger partial charge in [-0.05, 0) is 0 Å². The van der Waals surface area contributed by atoms with Crippen LogP contribution in [0.5, 0.6) is 0 Å². The minimum absolute atomic E-state index is 2.59. The number of nitrogens with zero attached hydrogens (tertiary/aromatic N) is 1. The number of hydrogen-bond acceptors (Lipinski definition) is 3. The molecule has 12 heteroatoms. The van der Waals surface area contributed by atoms with E-state index in [9.17, 15) is 0 Å². The van der Waals surface area contributed by atoms with Crippen LogP contribution in [0.4, 0.5) is 0 Å². The van der Waals surface area contributed by atoms with Crippen molar-refractivity contribution in [3.05, 3.63) is 0 Å². The maximum absolute atomic E-state index is 5.79. The third-order valence-corrected chi connectivity index (χ3v) is 16.7. The zero-order valence-corrected chi connectivity index (χ0v) is 12.6. The number of halogens is 6. The van der Waals surface area contributed by atoms with Crippen LogP contribution in [0.2, 0.25) is 0 Å². The van der Waals surface area contributed by atoms with Gasteiger partial charge < -0.3 is 0 Å². The van der Waals surface area contributed by atoms with Crippen molar-refractivity contribution in [1.82, 2.24) is 9.72 Å². The van der Waals surface area contributed by atoms with Crippen LogP contribution in [0.25, 0.3) is 0 Å². The normalized spacial score (nSPS) is 36.2. The van der Waals surface area contributed by atoms with Crippen molar-refractivity contribution in [2.45, 2.75) is 0 Å². The summed E-state index contributed by atoms with van der Waals surface area (Å²) in [5.41, 5.74) is 0. The van der Waals surface area contributed by atoms with E-state index in [0.717, 1.165) is 0 Å². The van der Waals surface area contributed by atoms with Crippen molar-refractivity contribution in [3.63, 3.8) is 0 Å². The second-order valence-electron chi connectivity index (χ2n) is 1.94. The summed E-state index contributed by atoms with van der Waals surface area (Å²) in [4.78, 5) is 5.20. The van der Waals surface area contributed by atoms with E-state index < -0.39 is 18.4 Å². The second-order valence-corrected chi connectivity index (χ2v) is 19.1. The Hall–Kier alpha value is 2.75. The van der Waals surface area contributed by atoms with E-state index in [0.29, 0.717) is 0 Å². The van der Waals surface area contributed by atoms with E-state index in [1.165, 1.54) is 0 Å². The molecule has 0 spiro atoms. The topological polar surface area (TPSA) is 36.4 Å². The molecule has 0 atom stereocenters. The Labute approximate surface area is 99.5 Å². The number of rotatable bonds is 0. The minimum atomic E-state index is -3.02. The molecule has 1 aliphatic rings. The maximum atomic E-state index is 5.79. The van der Waals surface area contributed by atoms with Crippen molar-refractivity contribution in [1.29, 1.82) is 0 Å². The van der Waals surface area contributed by atoms with Crippen molar-refractivity contribution >= 4 is 85.9 Å². The molecule has 0 radical (unpaired) electrons. The van der Waals surface area contributed by atoms with Crippen LogP contribution in [0.3, 0.4) is 0 Å². The van der Waals surface area contributed by atoms with Crippen LogP contribution >= 0.6 is 85.9 Å². The number of nitrogens with one attached hydrogen (secondary N) is 2. The van der Waals surface area contributed by atoms with Crippen LogP contribution in [-0.4, -0.2) is 0 Å². The molecule has 0 aliphatic carbocycles. The van der Waals surface area contributed by atoms with Crippen molar-refractivity contribution in [2.24, 2.45) is 4.52 Å². The fourth-order valence-electron chi connectivity index (χ4n) is 0.594. The van der Waals surface area contributed by atoms with E-state index in [1.807, 2.05) is 0 Å². The molecular formula is H4Cl6N3P3. The fourth-order valence-corrected chi connectivity index (χ4v) is 25.0. The van der Waals surface area contributed by atoms with Gasteiger partial charge >= 0.3 is 100 Å². The molecule has 2 N–H and O–H groups in total. The molecule has 12 heavy (non-hydrogen) atoms. The molecule has 1 aliphatic heterocycles. The van der Waals surface area contributed by atoms with Crippen molar-refractivity contribution in [3.8, 4) is 0 Å². The Morgan fingerprint density at radius 3 is 1.92 bits per heavy atom. The summed E-state index contributed by atoms with van der Waals surface area (Å²) in [6.45, 7) is 0. The summed E-state index contributed by atoms with van der Waals surface area (Å²) in [5.74, 6) is -2.73. The molecule has 0 bridgehead atoms. The van der Waals surface area contributed by atoms with E-state index in [2.05, 4.69) is 14.2 Å². The zero-order chi connectivity index (χ0) is 9.62. The first kappa shape index (κ1) is 12.8. The Morgan fingerprint density at radius 2 is 1.58 bits per heavy atom. The van der Waals surface area contributed by atoms with Gasteiger partial charge in [-0.25, -0.2) is 0 Å². The Balaban J connectivity index is 3.03. The van der Waals surface area contributed by atoms with Crippen LogP contribution in [0.15, 0.2) is 4.52 Å². The van der Waals surface area contributed by atoms with Gasteiger partial charge in [-0.1, -0.05) is 0 Å². The van der Waals surface area contributed by atoms with Crippen LogP contribution < -0.4 is 9.72 Å². The Kier molecular flexibility index (Phi) is 4.23. The molecule has 76 valence electrons.